The number of benzene rings is 2. The molecule has 5 heteroatoms. The van der Waals surface area contributed by atoms with Gasteiger partial charge < -0.3 is 20.2 Å². The third-order valence-corrected chi connectivity index (χ3v) is 2.89. The number of nitrogens with one attached hydrogen (secondary N) is 1. The number of nitrogens with two attached hydrogens (primary N) is 1. The number of anilines is 3. The molecule has 0 saturated carbocycles. The number of oxazole rings is 1. The maximum Gasteiger partial charge on any atom is 0.300 e. The van der Waals surface area contributed by atoms with Gasteiger partial charge >= 0.3 is 0 Å². The van der Waals surface area contributed by atoms with Crippen molar-refractivity contribution >= 4 is 28.5 Å². The molecule has 2 aromatic carbocycles. The Labute approximate surface area is 122 Å². The summed E-state index contributed by atoms with van der Waals surface area (Å²) in [6, 6.07) is 13.5. The van der Waals surface area contributed by atoms with E-state index in [2.05, 4.69) is 10.3 Å². The first kappa shape index (κ1) is 13.3. The second-order valence-corrected chi connectivity index (χ2v) is 5.06. The number of nitrogen functional groups attached to an aromatic ring is 1. The van der Waals surface area contributed by atoms with Crippen molar-refractivity contribution in [2.24, 2.45) is 0 Å². The number of rotatable bonds is 4. The van der Waals surface area contributed by atoms with E-state index in [1.807, 2.05) is 44.2 Å². The van der Waals surface area contributed by atoms with Crippen molar-refractivity contribution in [3.63, 3.8) is 0 Å². The van der Waals surface area contributed by atoms with Crippen molar-refractivity contribution in [1.82, 2.24) is 4.98 Å². The SMILES string of the molecule is CC(C)Oc1ccc(Nc2nc3ccc(N)cc3o2)cc1. The van der Waals surface area contributed by atoms with Crippen molar-refractivity contribution < 1.29 is 9.15 Å². The molecule has 0 fully saturated rings. The Morgan fingerprint density at radius 1 is 1.14 bits per heavy atom. The zero-order chi connectivity index (χ0) is 14.8. The van der Waals surface area contributed by atoms with Gasteiger partial charge in [0, 0.05) is 17.4 Å². The van der Waals surface area contributed by atoms with Gasteiger partial charge in [0.25, 0.3) is 6.01 Å². The molecule has 0 amide bonds. The summed E-state index contributed by atoms with van der Waals surface area (Å²) in [5.74, 6) is 0.834. The summed E-state index contributed by atoms with van der Waals surface area (Å²) in [5.41, 5.74) is 8.69. The molecule has 3 rings (SSSR count). The van der Waals surface area contributed by atoms with E-state index in [1.165, 1.54) is 0 Å². The van der Waals surface area contributed by atoms with Crippen LogP contribution in [-0.4, -0.2) is 11.1 Å². The average Bonchev–Trinajstić information content (AvgIpc) is 2.82. The fraction of sp³-hybridized carbons (Fsp3) is 0.188. The van der Waals surface area contributed by atoms with Gasteiger partial charge in [-0.05, 0) is 50.2 Å². The molecule has 0 saturated heterocycles. The molecule has 0 atom stereocenters. The highest BCUT2D eigenvalue weighted by molar-refractivity contribution is 5.78. The number of ether oxygens (including phenoxy) is 1. The fourth-order valence-electron chi connectivity index (χ4n) is 2.01. The normalized spacial score (nSPS) is 11.0. The van der Waals surface area contributed by atoms with Gasteiger partial charge in [-0.25, -0.2) is 0 Å². The highest BCUT2D eigenvalue weighted by Crippen LogP contribution is 2.25. The van der Waals surface area contributed by atoms with Gasteiger partial charge in [0.2, 0.25) is 0 Å². The molecule has 0 aliphatic heterocycles. The smallest absolute Gasteiger partial charge is 0.300 e. The van der Waals surface area contributed by atoms with E-state index in [1.54, 1.807) is 12.1 Å². The molecule has 1 aromatic heterocycles. The summed E-state index contributed by atoms with van der Waals surface area (Å²) in [4.78, 5) is 4.36. The van der Waals surface area contributed by atoms with Crippen LogP contribution in [0, 0.1) is 0 Å². The number of aromatic nitrogens is 1. The molecule has 3 N–H and O–H groups in total. The summed E-state index contributed by atoms with van der Waals surface area (Å²) >= 11 is 0. The molecule has 3 aromatic rings. The van der Waals surface area contributed by atoms with E-state index in [-0.39, 0.29) is 6.10 Å². The number of hydrogen-bond acceptors (Lipinski definition) is 5. The first-order valence-corrected chi connectivity index (χ1v) is 6.80. The van der Waals surface area contributed by atoms with Crippen LogP contribution in [0.3, 0.4) is 0 Å². The van der Waals surface area contributed by atoms with Crippen molar-refractivity contribution in [2.75, 3.05) is 11.1 Å². The summed E-state index contributed by atoms with van der Waals surface area (Å²) in [5, 5.41) is 3.12. The molecular weight excluding hydrogens is 266 g/mol. The van der Waals surface area contributed by atoms with E-state index in [4.69, 9.17) is 14.9 Å². The van der Waals surface area contributed by atoms with Crippen molar-refractivity contribution in [2.45, 2.75) is 20.0 Å². The number of nitrogens with zero attached hydrogens (tertiary/aromatic N) is 1. The largest absolute Gasteiger partial charge is 0.491 e. The number of hydrogen-bond donors (Lipinski definition) is 2. The van der Waals surface area contributed by atoms with Crippen molar-refractivity contribution in [3.05, 3.63) is 42.5 Å². The predicted octanol–water partition coefficient (Wildman–Crippen LogP) is 3.94. The van der Waals surface area contributed by atoms with Crippen LogP contribution >= 0.6 is 0 Å². The molecular formula is C16H17N3O2. The van der Waals surface area contributed by atoms with Gasteiger partial charge in [-0.3, -0.25) is 0 Å². The molecule has 0 aliphatic rings. The van der Waals surface area contributed by atoms with E-state index >= 15 is 0 Å². The van der Waals surface area contributed by atoms with Crippen LogP contribution < -0.4 is 15.8 Å². The zero-order valence-electron chi connectivity index (χ0n) is 12.0. The lowest BCUT2D eigenvalue weighted by Gasteiger charge is -2.10. The Morgan fingerprint density at radius 3 is 2.62 bits per heavy atom. The molecule has 0 spiro atoms. The topological polar surface area (TPSA) is 73.3 Å². The maximum absolute atomic E-state index is 5.72. The van der Waals surface area contributed by atoms with Crippen LogP contribution in [0.15, 0.2) is 46.9 Å². The van der Waals surface area contributed by atoms with E-state index < -0.39 is 0 Å². The Balaban J connectivity index is 1.78. The molecule has 0 radical (unpaired) electrons. The van der Waals surface area contributed by atoms with E-state index in [0.717, 1.165) is 17.0 Å². The van der Waals surface area contributed by atoms with Crippen molar-refractivity contribution in [1.29, 1.82) is 0 Å². The predicted molar refractivity (Wildman–Crippen MR) is 83.9 cm³/mol. The minimum absolute atomic E-state index is 0.159. The Kier molecular flexibility index (Phi) is 3.39. The first-order chi connectivity index (χ1) is 10.1. The standard InChI is InChI=1S/C16H17N3O2/c1-10(2)20-13-6-4-12(5-7-13)18-16-19-14-8-3-11(17)9-15(14)21-16/h3-10H,17H2,1-2H3,(H,18,19). The monoisotopic (exact) mass is 283 g/mol. The van der Waals surface area contributed by atoms with Gasteiger partial charge in [-0.2, -0.15) is 4.98 Å². The van der Waals surface area contributed by atoms with Gasteiger partial charge in [0.05, 0.1) is 6.10 Å². The summed E-state index contributed by atoms with van der Waals surface area (Å²) in [7, 11) is 0. The lowest BCUT2D eigenvalue weighted by atomic mass is 10.3. The van der Waals surface area contributed by atoms with Gasteiger partial charge in [0.1, 0.15) is 11.3 Å². The lowest BCUT2D eigenvalue weighted by Crippen LogP contribution is -2.05. The third-order valence-electron chi connectivity index (χ3n) is 2.89. The minimum atomic E-state index is 0.159. The molecule has 0 unspecified atom stereocenters. The molecule has 0 aliphatic carbocycles. The summed E-state index contributed by atoms with van der Waals surface area (Å²) < 4.78 is 11.2. The van der Waals surface area contributed by atoms with E-state index in [0.29, 0.717) is 17.3 Å². The van der Waals surface area contributed by atoms with Crippen LogP contribution in [0.1, 0.15) is 13.8 Å². The van der Waals surface area contributed by atoms with Crippen molar-refractivity contribution in [3.8, 4) is 5.75 Å². The van der Waals surface area contributed by atoms with Crippen LogP contribution in [-0.2, 0) is 0 Å². The Hall–Kier alpha value is -2.69. The quantitative estimate of drug-likeness (QED) is 0.709. The van der Waals surface area contributed by atoms with Crippen LogP contribution in [0.5, 0.6) is 5.75 Å². The Morgan fingerprint density at radius 2 is 1.90 bits per heavy atom. The first-order valence-electron chi connectivity index (χ1n) is 6.80. The van der Waals surface area contributed by atoms with Crippen LogP contribution in [0.2, 0.25) is 0 Å². The molecule has 108 valence electrons. The van der Waals surface area contributed by atoms with Gasteiger partial charge in [-0.15, -0.1) is 0 Å². The molecule has 5 nitrogen and oxygen atoms in total. The second kappa shape index (κ2) is 5.36. The summed E-state index contributed by atoms with van der Waals surface area (Å²) in [6.45, 7) is 3.99. The highest BCUT2D eigenvalue weighted by atomic mass is 16.5. The Bertz CT molecular complexity index is 748. The molecule has 0 bridgehead atoms. The van der Waals surface area contributed by atoms with Gasteiger partial charge in [-0.1, -0.05) is 0 Å². The minimum Gasteiger partial charge on any atom is -0.491 e. The fourth-order valence-corrected chi connectivity index (χ4v) is 2.01. The van der Waals surface area contributed by atoms with Crippen LogP contribution in [0.25, 0.3) is 11.1 Å². The second-order valence-electron chi connectivity index (χ2n) is 5.06. The summed E-state index contributed by atoms with van der Waals surface area (Å²) in [6.07, 6.45) is 0.159. The zero-order valence-corrected chi connectivity index (χ0v) is 12.0. The third kappa shape index (κ3) is 3.08. The molecule has 21 heavy (non-hydrogen) atoms. The van der Waals surface area contributed by atoms with Crippen LogP contribution in [0.4, 0.5) is 17.4 Å². The van der Waals surface area contributed by atoms with Gasteiger partial charge in [0.15, 0.2) is 5.58 Å². The van der Waals surface area contributed by atoms with E-state index in [9.17, 15) is 0 Å². The number of fused-ring (bicyclic) bond motifs is 1. The maximum atomic E-state index is 5.72. The molecule has 1 heterocycles. The average molecular weight is 283 g/mol. The highest BCUT2D eigenvalue weighted by Gasteiger charge is 2.06. The lowest BCUT2D eigenvalue weighted by molar-refractivity contribution is 0.242.